The van der Waals surface area contributed by atoms with Crippen LogP contribution in [0.25, 0.3) is 0 Å². The van der Waals surface area contributed by atoms with Gasteiger partial charge in [-0.3, -0.25) is 4.98 Å². The molecule has 0 bridgehead atoms. The highest BCUT2D eigenvalue weighted by atomic mass is 79.9. The van der Waals surface area contributed by atoms with E-state index in [2.05, 4.69) is 53.2 Å². The largest absolute Gasteiger partial charge is 0.360 e. The second-order valence-corrected chi connectivity index (χ2v) is 6.65. The molecule has 0 unspecified atom stereocenters. The molecule has 19 heavy (non-hydrogen) atoms. The van der Waals surface area contributed by atoms with Crippen LogP contribution in [0.4, 0.5) is 5.82 Å². The van der Waals surface area contributed by atoms with E-state index >= 15 is 0 Å². The summed E-state index contributed by atoms with van der Waals surface area (Å²) in [5.74, 6) is 0.905. The van der Waals surface area contributed by atoms with Crippen molar-refractivity contribution in [3.8, 4) is 0 Å². The Labute approximate surface area is 129 Å². The lowest BCUT2D eigenvalue weighted by molar-refractivity contribution is 0.282. The molecule has 0 aromatic carbocycles. The molecular formula is C14H13Br2N3. The summed E-state index contributed by atoms with van der Waals surface area (Å²) in [7, 11) is 0. The molecule has 0 atom stereocenters. The minimum Gasteiger partial charge on any atom is -0.360 e. The zero-order chi connectivity index (χ0) is 13.3. The minimum absolute atomic E-state index is 0.0163. The van der Waals surface area contributed by atoms with Crippen LogP contribution < -0.4 is 5.32 Å². The lowest BCUT2D eigenvalue weighted by atomic mass is 9.72. The Hall–Kier alpha value is -0.940. The van der Waals surface area contributed by atoms with Crippen molar-refractivity contribution in [3.05, 3.63) is 51.3 Å². The molecule has 5 heteroatoms. The van der Waals surface area contributed by atoms with Crippen LogP contribution in [-0.4, -0.2) is 9.97 Å². The van der Waals surface area contributed by atoms with Crippen molar-refractivity contribution in [2.45, 2.75) is 24.8 Å². The van der Waals surface area contributed by atoms with Gasteiger partial charge in [0.05, 0.1) is 5.54 Å². The number of rotatable bonds is 3. The third-order valence-electron chi connectivity index (χ3n) is 3.56. The molecule has 1 N–H and O–H groups in total. The highest BCUT2D eigenvalue weighted by molar-refractivity contribution is 9.10. The summed E-state index contributed by atoms with van der Waals surface area (Å²) in [6.45, 7) is 0. The van der Waals surface area contributed by atoms with Gasteiger partial charge in [-0.05, 0) is 74.9 Å². The van der Waals surface area contributed by atoms with Gasteiger partial charge < -0.3 is 5.32 Å². The zero-order valence-electron chi connectivity index (χ0n) is 10.2. The summed E-state index contributed by atoms with van der Waals surface area (Å²) < 4.78 is 2.01. The molecule has 2 aromatic rings. The first-order valence-electron chi connectivity index (χ1n) is 6.19. The number of hydrogen-bond acceptors (Lipinski definition) is 3. The van der Waals surface area contributed by atoms with Crippen molar-refractivity contribution in [3.63, 3.8) is 0 Å². The molecule has 98 valence electrons. The van der Waals surface area contributed by atoms with Gasteiger partial charge in [-0.25, -0.2) is 4.98 Å². The number of nitrogens with one attached hydrogen (secondary N) is 1. The molecule has 3 rings (SSSR count). The number of anilines is 1. The van der Waals surface area contributed by atoms with Crippen molar-refractivity contribution in [1.82, 2.24) is 9.97 Å². The Kier molecular flexibility index (Phi) is 3.58. The van der Waals surface area contributed by atoms with Crippen molar-refractivity contribution < 1.29 is 0 Å². The Bertz CT molecular complexity index is 579. The predicted octanol–water partition coefficient (Wildman–Crippen LogP) is 4.49. The van der Waals surface area contributed by atoms with Gasteiger partial charge in [-0.2, -0.15) is 0 Å². The van der Waals surface area contributed by atoms with Gasteiger partial charge in [-0.15, -0.1) is 0 Å². The predicted molar refractivity (Wildman–Crippen MR) is 83.0 cm³/mol. The summed E-state index contributed by atoms with van der Waals surface area (Å²) in [4.78, 5) is 8.68. The summed E-state index contributed by atoms with van der Waals surface area (Å²) in [5, 5.41) is 3.57. The van der Waals surface area contributed by atoms with Gasteiger partial charge in [0.1, 0.15) is 5.82 Å². The molecule has 0 aliphatic heterocycles. The number of pyridine rings is 2. The van der Waals surface area contributed by atoms with Crippen molar-refractivity contribution in [2.75, 3.05) is 5.32 Å². The normalized spacial score (nSPS) is 16.7. The van der Waals surface area contributed by atoms with E-state index in [9.17, 15) is 0 Å². The average Bonchev–Trinajstić information content (AvgIpc) is 2.36. The van der Waals surface area contributed by atoms with Crippen LogP contribution in [0.1, 0.15) is 24.8 Å². The van der Waals surface area contributed by atoms with Crippen LogP contribution >= 0.6 is 31.9 Å². The van der Waals surface area contributed by atoms with Crippen molar-refractivity contribution >= 4 is 37.7 Å². The van der Waals surface area contributed by atoms with E-state index in [1.165, 1.54) is 12.0 Å². The van der Waals surface area contributed by atoms with Crippen molar-refractivity contribution in [2.24, 2.45) is 0 Å². The molecular weight excluding hydrogens is 370 g/mol. The molecule has 1 aliphatic carbocycles. The van der Waals surface area contributed by atoms with Crippen LogP contribution in [0.5, 0.6) is 0 Å². The summed E-state index contributed by atoms with van der Waals surface area (Å²) in [6.07, 6.45) is 9.03. The second kappa shape index (κ2) is 5.21. The van der Waals surface area contributed by atoms with Gasteiger partial charge in [0.25, 0.3) is 0 Å². The fourth-order valence-corrected chi connectivity index (χ4v) is 2.98. The quantitative estimate of drug-likeness (QED) is 0.849. The highest BCUT2D eigenvalue weighted by Gasteiger charge is 2.39. The van der Waals surface area contributed by atoms with E-state index in [1.807, 2.05) is 30.7 Å². The maximum absolute atomic E-state index is 4.40. The molecule has 1 fully saturated rings. The summed E-state index contributed by atoms with van der Waals surface area (Å²) >= 11 is 6.89. The van der Waals surface area contributed by atoms with Crippen LogP contribution in [0, 0.1) is 0 Å². The zero-order valence-corrected chi connectivity index (χ0v) is 13.4. The molecule has 2 heterocycles. The van der Waals surface area contributed by atoms with Crippen LogP contribution in [-0.2, 0) is 5.54 Å². The monoisotopic (exact) mass is 381 g/mol. The molecule has 1 saturated carbocycles. The van der Waals surface area contributed by atoms with Crippen LogP contribution in [0.15, 0.2) is 45.7 Å². The van der Waals surface area contributed by atoms with E-state index in [0.29, 0.717) is 0 Å². The Morgan fingerprint density at radius 1 is 1.05 bits per heavy atom. The Morgan fingerprint density at radius 2 is 1.89 bits per heavy atom. The number of halogens is 2. The third kappa shape index (κ3) is 2.67. The van der Waals surface area contributed by atoms with Gasteiger partial charge in [-0.1, -0.05) is 0 Å². The van der Waals surface area contributed by atoms with E-state index in [4.69, 9.17) is 0 Å². The van der Waals surface area contributed by atoms with Crippen LogP contribution in [0.2, 0.25) is 0 Å². The Morgan fingerprint density at radius 3 is 2.47 bits per heavy atom. The maximum atomic E-state index is 4.40. The molecule has 1 aliphatic rings. The molecule has 3 nitrogen and oxygen atoms in total. The number of hydrogen-bond donors (Lipinski definition) is 1. The third-order valence-corrected chi connectivity index (χ3v) is 4.46. The first kappa shape index (κ1) is 13.1. The maximum Gasteiger partial charge on any atom is 0.126 e. The fraction of sp³-hybridized carbons (Fsp3) is 0.286. The van der Waals surface area contributed by atoms with Gasteiger partial charge in [0.2, 0.25) is 0 Å². The standard InChI is InChI=1S/C14H13Br2N3/c15-11-2-3-13(18-9-11)19-14(4-1-5-14)10-6-12(16)8-17-7-10/h2-3,6-9H,1,4-5H2,(H,18,19). The summed E-state index contributed by atoms with van der Waals surface area (Å²) in [6, 6.07) is 6.13. The fourth-order valence-electron chi connectivity index (χ4n) is 2.38. The topological polar surface area (TPSA) is 37.8 Å². The number of aromatic nitrogens is 2. The Balaban J connectivity index is 1.89. The molecule has 0 amide bonds. The van der Waals surface area contributed by atoms with Crippen molar-refractivity contribution in [1.29, 1.82) is 0 Å². The van der Waals surface area contributed by atoms with E-state index in [0.717, 1.165) is 27.6 Å². The van der Waals surface area contributed by atoms with Crippen LogP contribution in [0.3, 0.4) is 0 Å². The van der Waals surface area contributed by atoms with E-state index in [1.54, 1.807) is 0 Å². The second-order valence-electron chi connectivity index (χ2n) is 4.81. The molecule has 2 aromatic heterocycles. The molecule has 0 radical (unpaired) electrons. The smallest absolute Gasteiger partial charge is 0.126 e. The lowest BCUT2D eigenvalue weighted by Gasteiger charge is -2.43. The van der Waals surface area contributed by atoms with Gasteiger partial charge in [0.15, 0.2) is 0 Å². The number of nitrogens with zero attached hydrogens (tertiary/aromatic N) is 2. The molecule has 0 spiro atoms. The SMILES string of the molecule is Brc1ccc(NC2(c3cncc(Br)c3)CCC2)nc1. The van der Waals surface area contributed by atoms with Gasteiger partial charge >= 0.3 is 0 Å². The first-order chi connectivity index (χ1) is 9.18. The first-order valence-corrected chi connectivity index (χ1v) is 7.77. The minimum atomic E-state index is -0.0163. The summed E-state index contributed by atoms with van der Waals surface area (Å²) in [5.41, 5.74) is 1.20. The average molecular weight is 383 g/mol. The lowest BCUT2D eigenvalue weighted by Crippen LogP contribution is -2.42. The highest BCUT2D eigenvalue weighted by Crippen LogP contribution is 2.44. The van der Waals surface area contributed by atoms with Gasteiger partial charge in [0, 0.05) is 27.5 Å². The molecule has 0 saturated heterocycles. The van der Waals surface area contributed by atoms with E-state index < -0.39 is 0 Å². The van der Waals surface area contributed by atoms with E-state index in [-0.39, 0.29) is 5.54 Å².